The zero-order valence-corrected chi connectivity index (χ0v) is 18.9. The van der Waals surface area contributed by atoms with Crippen LogP contribution in [-0.2, 0) is 23.9 Å². The Hall–Kier alpha value is -2.32. The average Bonchev–Trinajstić information content (AvgIpc) is 2.55. The van der Waals surface area contributed by atoms with Crippen molar-refractivity contribution in [2.24, 2.45) is 11.8 Å². The summed E-state index contributed by atoms with van der Waals surface area (Å²) in [7, 11) is 1.22. The Morgan fingerprint density at radius 1 is 0.828 bits per heavy atom. The van der Waals surface area contributed by atoms with Crippen LogP contribution in [0, 0.1) is 11.8 Å². The Kier molecular flexibility index (Phi) is 11.3. The van der Waals surface area contributed by atoms with E-state index in [4.69, 9.17) is 4.74 Å². The van der Waals surface area contributed by atoms with E-state index in [-0.39, 0.29) is 18.4 Å². The molecule has 168 valence electrons. The number of carbonyl (C=O) groups excluding carboxylic acids is 4. The van der Waals surface area contributed by atoms with Gasteiger partial charge in [0, 0.05) is 0 Å². The molecule has 2 atom stereocenters. The Morgan fingerprint density at radius 2 is 1.31 bits per heavy atom. The van der Waals surface area contributed by atoms with Crippen molar-refractivity contribution in [2.75, 3.05) is 13.7 Å². The molecule has 0 radical (unpaired) electrons. The SMILES string of the molecule is COC(=O)CNC(=O)[C@@H](CC(C)C)NC(=O)[C@@H](CC(C)C)NC(=O)OC(C)(C)C. The van der Waals surface area contributed by atoms with Gasteiger partial charge in [-0.05, 0) is 45.4 Å². The second-order valence-electron chi connectivity index (χ2n) is 8.81. The minimum absolute atomic E-state index is 0.117. The smallest absolute Gasteiger partial charge is 0.408 e. The van der Waals surface area contributed by atoms with Gasteiger partial charge in [-0.3, -0.25) is 14.4 Å². The number of alkyl carbamates (subject to hydrolysis) is 1. The van der Waals surface area contributed by atoms with Crippen molar-refractivity contribution >= 4 is 23.9 Å². The highest BCUT2D eigenvalue weighted by Crippen LogP contribution is 2.11. The van der Waals surface area contributed by atoms with Crippen molar-refractivity contribution in [3.8, 4) is 0 Å². The number of hydrogen-bond acceptors (Lipinski definition) is 6. The van der Waals surface area contributed by atoms with Crippen molar-refractivity contribution in [2.45, 2.75) is 79.0 Å². The molecule has 9 nitrogen and oxygen atoms in total. The number of carbonyl (C=O) groups is 4. The van der Waals surface area contributed by atoms with E-state index >= 15 is 0 Å². The summed E-state index contributed by atoms with van der Waals surface area (Å²) in [4.78, 5) is 48.6. The van der Waals surface area contributed by atoms with Crippen LogP contribution in [0.15, 0.2) is 0 Å². The molecule has 0 unspecified atom stereocenters. The van der Waals surface area contributed by atoms with Gasteiger partial charge in [-0.1, -0.05) is 27.7 Å². The van der Waals surface area contributed by atoms with Gasteiger partial charge in [-0.2, -0.15) is 0 Å². The summed E-state index contributed by atoms with van der Waals surface area (Å²) in [6, 6.07) is -1.70. The lowest BCUT2D eigenvalue weighted by atomic mass is 10.00. The fourth-order valence-electron chi connectivity index (χ4n) is 2.48. The highest BCUT2D eigenvalue weighted by molar-refractivity contribution is 5.92. The number of amides is 3. The summed E-state index contributed by atoms with van der Waals surface area (Å²) in [6.45, 7) is 12.6. The Balaban J connectivity index is 5.21. The topological polar surface area (TPSA) is 123 Å². The molecule has 3 amide bonds. The quantitative estimate of drug-likeness (QED) is 0.467. The second-order valence-corrected chi connectivity index (χ2v) is 8.81. The van der Waals surface area contributed by atoms with Gasteiger partial charge >= 0.3 is 12.1 Å². The highest BCUT2D eigenvalue weighted by Gasteiger charge is 2.29. The number of methoxy groups -OCH3 is 1. The van der Waals surface area contributed by atoms with Crippen LogP contribution < -0.4 is 16.0 Å². The third-order valence-corrected chi connectivity index (χ3v) is 3.69. The molecule has 0 spiro atoms. The molecule has 0 saturated heterocycles. The van der Waals surface area contributed by atoms with Crippen molar-refractivity contribution in [3.63, 3.8) is 0 Å². The van der Waals surface area contributed by atoms with Gasteiger partial charge in [0.2, 0.25) is 11.8 Å². The van der Waals surface area contributed by atoms with Crippen LogP contribution in [0.25, 0.3) is 0 Å². The maximum Gasteiger partial charge on any atom is 0.408 e. The van der Waals surface area contributed by atoms with E-state index in [0.717, 1.165) is 0 Å². The van der Waals surface area contributed by atoms with Gasteiger partial charge in [0.15, 0.2) is 0 Å². The van der Waals surface area contributed by atoms with Gasteiger partial charge in [0.1, 0.15) is 24.2 Å². The molecule has 0 bridgehead atoms. The molecule has 0 aromatic rings. The van der Waals surface area contributed by atoms with E-state index in [1.165, 1.54) is 7.11 Å². The minimum atomic E-state index is -0.854. The van der Waals surface area contributed by atoms with Crippen LogP contribution in [0.3, 0.4) is 0 Å². The monoisotopic (exact) mass is 415 g/mol. The molecule has 0 aliphatic rings. The Bertz CT molecular complexity index is 569. The first-order valence-corrected chi connectivity index (χ1v) is 9.89. The van der Waals surface area contributed by atoms with E-state index < -0.39 is 41.6 Å². The minimum Gasteiger partial charge on any atom is -0.468 e. The summed E-state index contributed by atoms with van der Waals surface area (Å²) in [6.07, 6.45) is 0.0527. The van der Waals surface area contributed by atoms with Crippen LogP contribution >= 0.6 is 0 Å². The molecule has 0 aliphatic heterocycles. The van der Waals surface area contributed by atoms with Gasteiger partial charge in [0.05, 0.1) is 7.11 Å². The molecule has 0 aromatic heterocycles. The maximum atomic E-state index is 12.8. The maximum absolute atomic E-state index is 12.8. The zero-order chi connectivity index (χ0) is 22.8. The Morgan fingerprint density at radius 3 is 1.72 bits per heavy atom. The van der Waals surface area contributed by atoms with Crippen molar-refractivity contribution < 1.29 is 28.7 Å². The van der Waals surface area contributed by atoms with E-state index in [1.807, 2.05) is 27.7 Å². The van der Waals surface area contributed by atoms with Crippen LogP contribution in [0.1, 0.15) is 61.3 Å². The number of hydrogen-bond donors (Lipinski definition) is 3. The zero-order valence-electron chi connectivity index (χ0n) is 18.9. The van der Waals surface area contributed by atoms with Crippen LogP contribution in [-0.4, -0.2) is 55.2 Å². The second kappa shape index (κ2) is 12.3. The van der Waals surface area contributed by atoms with Crippen molar-refractivity contribution in [1.82, 2.24) is 16.0 Å². The van der Waals surface area contributed by atoms with Gasteiger partial charge in [-0.15, -0.1) is 0 Å². The first-order chi connectivity index (χ1) is 13.2. The summed E-state index contributed by atoms with van der Waals surface area (Å²) < 4.78 is 9.74. The molecule has 0 rings (SSSR count). The van der Waals surface area contributed by atoms with E-state index in [1.54, 1.807) is 20.8 Å². The van der Waals surface area contributed by atoms with E-state index in [2.05, 4.69) is 20.7 Å². The molecule has 0 saturated carbocycles. The standard InChI is InChI=1S/C20H37N3O6/c1-12(2)9-14(17(25)21-11-16(24)28-8)22-18(26)15(10-13(3)4)23-19(27)29-20(5,6)7/h12-15H,9-11H2,1-8H3,(H,21,25)(H,22,26)(H,23,27)/t14-,15-/m1/s1. The summed E-state index contributed by atoms with van der Waals surface area (Å²) in [5.74, 6) is -1.32. The van der Waals surface area contributed by atoms with Crippen LogP contribution in [0.5, 0.6) is 0 Å². The molecular weight excluding hydrogens is 378 g/mol. The first-order valence-electron chi connectivity index (χ1n) is 9.89. The van der Waals surface area contributed by atoms with E-state index in [0.29, 0.717) is 12.8 Å². The molecule has 29 heavy (non-hydrogen) atoms. The lowest BCUT2D eigenvalue weighted by molar-refractivity contribution is -0.141. The molecule has 0 aromatic carbocycles. The van der Waals surface area contributed by atoms with Crippen LogP contribution in [0.4, 0.5) is 4.79 Å². The van der Waals surface area contributed by atoms with Crippen LogP contribution in [0.2, 0.25) is 0 Å². The highest BCUT2D eigenvalue weighted by atomic mass is 16.6. The lowest BCUT2D eigenvalue weighted by Crippen LogP contribution is -2.55. The summed E-state index contributed by atoms with van der Waals surface area (Å²) in [5.41, 5.74) is -0.698. The van der Waals surface area contributed by atoms with Gasteiger partial charge < -0.3 is 25.4 Å². The number of nitrogens with one attached hydrogen (secondary N) is 3. The first kappa shape index (κ1) is 26.7. The summed E-state index contributed by atoms with van der Waals surface area (Å²) in [5, 5.41) is 7.73. The summed E-state index contributed by atoms with van der Waals surface area (Å²) >= 11 is 0. The van der Waals surface area contributed by atoms with Crippen molar-refractivity contribution in [1.29, 1.82) is 0 Å². The number of rotatable bonds is 10. The van der Waals surface area contributed by atoms with Crippen molar-refractivity contribution in [3.05, 3.63) is 0 Å². The largest absolute Gasteiger partial charge is 0.468 e. The third-order valence-electron chi connectivity index (χ3n) is 3.69. The number of ether oxygens (including phenoxy) is 2. The molecule has 0 aliphatic carbocycles. The molecular formula is C20H37N3O6. The molecule has 3 N–H and O–H groups in total. The fraction of sp³-hybridized carbons (Fsp3) is 0.800. The van der Waals surface area contributed by atoms with E-state index in [9.17, 15) is 19.2 Å². The molecule has 0 fully saturated rings. The third kappa shape index (κ3) is 12.7. The average molecular weight is 416 g/mol. The molecule has 9 heteroatoms. The number of esters is 1. The fourth-order valence-corrected chi connectivity index (χ4v) is 2.48. The van der Waals surface area contributed by atoms with Gasteiger partial charge in [-0.25, -0.2) is 4.79 Å². The Labute approximate surface area is 173 Å². The van der Waals surface area contributed by atoms with Gasteiger partial charge in [0.25, 0.3) is 0 Å². The predicted octanol–water partition coefficient (Wildman–Crippen LogP) is 1.75. The lowest BCUT2D eigenvalue weighted by Gasteiger charge is -2.26. The normalized spacial score (nSPS) is 13.4. The molecule has 0 heterocycles. The predicted molar refractivity (Wildman–Crippen MR) is 109 cm³/mol.